The third-order valence-electron chi connectivity index (χ3n) is 4.25. The fourth-order valence-electron chi connectivity index (χ4n) is 2.78. The number of benzene rings is 1. The van der Waals surface area contributed by atoms with Gasteiger partial charge in [0.1, 0.15) is 0 Å². The Bertz CT molecular complexity index is 640. The van der Waals surface area contributed by atoms with Gasteiger partial charge in [-0.25, -0.2) is 0 Å². The van der Waals surface area contributed by atoms with E-state index in [1.165, 1.54) is 0 Å². The number of hydrogen-bond donors (Lipinski definition) is 1. The van der Waals surface area contributed by atoms with Crippen LogP contribution in [0.2, 0.25) is 0 Å². The van der Waals surface area contributed by atoms with Gasteiger partial charge in [0, 0.05) is 37.8 Å². The average Bonchev–Trinajstić information content (AvgIpc) is 3.40. The first kappa shape index (κ1) is 15.5. The fourth-order valence-corrected chi connectivity index (χ4v) is 2.78. The molecule has 6 heteroatoms. The van der Waals surface area contributed by atoms with Crippen LogP contribution in [0.4, 0.5) is 5.69 Å². The van der Waals surface area contributed by atoms with E-state index in [0.29, 0.717) is 30.9 Å². The van der Waals surface area contributed by atoms with Crippen LogP contribution in [0.15, 0.2) is 24.3 Å². The van der Waals surface area contributed by atoms with Crippen molar-refractivity contribution in [3.05, 3.63) is 29.8 Å². The van der Waals surface area contributed by atoms with Crippen molar-refractivity contribution in [1.82, 2.24) is 9.80 Å². The van der Waals surface area contributed by atoms with E-state index >= 15 is 0 Å². The van der Waals surface area contributed by atoms with Crippen LogP contribution in [0.5, 0.6) is 0 Å². The first-order valence-corrected chi connectivity index (χ1v) is 7.97. The zero-order valence-corrected chi connectivity index (χ0v) is 13.0. The number of anilines is 1. The minimum Gasteiger partial charge on any atom is -0.340 e. The maximum Gasteiger partial charge on any atom is 0.238 e. The molecule has 0 bridgehead atoms. The van der Waals surface area contributed by atoms with Crippen molar-refractivity contribution in [3.8, 4) is 6.07 Å². The summed E-state index contributed by atoms with van der Waals surface area (Å²) < 4.78 is 0. The lowest BCUT2D eigenvalue weighted by molar-refractivity contribution is -0.134. The molecule has 1 saturated carbocycles. The number of carbonyl (C=O) groups excluding carboxylic acids is 2. The Morgan fingerprint density at radius 1 is 1.22 bits per heavy atom. The van der Waals surface area contributed by atoms with Crippen molar-refractivity contribution in [3.63, 3.8) is 0 Å². The van der Waals surface area contributed by atoms with E-state index < -0.39 is 0 Å². The van der Waals surface area contributed by atoms with Gasteiger partial charge in [0.2, 0.25) is 11.8 Å². The molecular formula is C17H20N4O2. The zero-order valence-electron chi connectivity index (χ0n) is 13.0. The van der Waals surface area contributed by atoms with Crippen molar-refractivity contribution in [2.75, 3.05) is 38.0 Å². The Kier molecular flexibility index (Phi) is 4.58. The highest BCUT2D eigenvalue weighted by Crippen LogP contribution is 2.31. The second kappa shape index (κ2) is 6.80. The smallest absolute Gasteiger partial charge is 0.238 e. The lowest BCUT2D eigenvalue weighted by atomic mass is 10.2. The number of nitrogens with one attached hydrogen (secondary N) is 1. The molecule has 6 nitrogen and oxygen atoms in total. The summed E-state index contributed by atoms with van der Waals surface area (Å²) in [6.07, 6.45) is 2.06. The van der Waals surface area contributed by atoms with E-state index in [4.69, 9.17) is 5.26 Å². The summed E-state index contributed by atoms with van der Waals surface area (Å²) in [5.41, 5.74) is 1.16. The molecule has 1 N–H and O–H groups in total. The van der Waals surface area contributed by atoms with Crippen molar-refractivity contribution in [2.45, 2.75) is 12.8 Å². The zero-order chi connectivity index (χ0) is 16.2. The Labute approximate surface area is 135 Å². The predicted octanol–water partition coefficient (Wildman–Crippen LogP) is 1.05. The molecule has 23 heavy (non-hydrogen) atoms. The minimum atomic E-state index is -0.0953. The van der Waals surface area contributed by atoms with E-state index in [1.54, 1.807) is 24.3 Å². The molecular weight excluding hydrogens is 292 g/mol. The maximum absolute atomic E-state index is 12.1. The number of nitriles is 1. The van der Waals surface area contributed by atoms with Crippen LogP contribution in [-0.4, -0.2) is 54.3 Å². The number of carbonyl (C=O) groups is 2. The van der Waals surface area contributed by atoms with E-state index in [-0.39, 0.29) is 17.7 Å². The molecule has 1 heterocycles. The van der Waals surface area contributed by atoms with Gasteiger partial charge in [-0.3, -0.25) is 14.5 Å². The molecule has 1 aromatic carbocycles. The molecule has 3 rings (SSSR count). The molecule has 0 aromatic heterocycles. The number of amides is 2. The van der Waals surface area contributed by atoms with Crippen molar-refractivity contribution in [2.24, 2.45) is 5.92 Å². The number of rotatable bonds is 4. The highest BCUT2D eigenvalue weighted by molar-refractivity contribution is 5.92. The highest BCUT2D eigenvalue weighted by atomic mass is 16.2. The maximum atomic E-state index is 12.1. The van der Waals surface area contributed by atoms with Crippen LogP contribution in [0, 0.1) is 17.2 Å². The molecule has 0 unspecified atom stereocenters. The highest BCUT2D eigenvalue weighted by Gasteiger charge is 2.34. The molecule has 1 aromatic rings. The first-order chi connectivity index (χ1) is 11.2. The van der Waals surface area contributed by atoms with E-state index in [0.717, 1.165) is 25.9 Å². The summed E-state index contributed by atoms with van der Waals surface area (Å²) in [5, 5.41) is 11.7. The van der Waals surface area contributed by atoms with Crippen molar-refractivity contribution >= 4 is 17.5 Å². The summed E-state index contributed by atoms with van der Waals surface area (Å²) in [7, 11) is 0. The molecule has 1 aliphatic heterocycles. The summed E-state index contributed by atoms with van der Waals surface area (Å²) in [6.45, 7) is 3.16. The van der Waals surface area contributed by atoms with Crippen LogP contribution in [0.1, 0.15) is 18.4 Å². The van der Waals surface area contributed by atoms with Crippen LogP contribution in [0.25, 0.3) is 0 Å². The first-order valence-electron chi connectivity index (χ1n) is 7.97. The number of nitrogens with zero attached hydrogens (tertiary/aromatic N) is 3. The lowest BCUT2D eigenvalue weighted by Crippen LogP contribution is -2.50. The molecule has 2 amide bonds. The topological polar surface area (TPSA) is 76.4 Å². The lowest BCUT2D eigenvalue weighted by Gasteiger charge is -2.34. The Morgan fingerprint density at radius 2 is 1.96 bits per heavy atom. The summed E-state index contributed by atoms with van der Waals surface area (Å²) in [5.74, 6) is 0.446. The second-order valence-corrected chi connectivity index (χ2v) is 6.12. The van der Waals surface area contributed by atoms with E-state index in [1.807, 2.05) is 4.90 Å². The van der Waals surface area contributed by atoms with Gasteiger partial charge < -0.3 is 10.2 Å². The molecule has 2 aliphatic rings. The molecule has 1 saturated heterocycles. The van der Waals surface area contributed by atoms with Crippen LogP contribution in [0.3, 0.4) is 0 Å². The average molecular weight is 312 g/mol. The van der Waals surface area contributed by atoms with Gasteiger partial charge in [0.05, 0.1) is 18.2 Å². The molecule has 1 aliphatic carbocycles. The van der Waals surface area contributed by atoms with Gasteiger partial charge in [-0.1, -0.05) is 6.07 Å². The van der Waals surface area contributed by atoms with Crippen LogP contribution in [-0.2, 0) is 9.59 Å². The predicted molar refractivity (Wildman–Crippen MR) is 85.5 cm³/mol. The summed E-state index contributed by atoms with van der Waals surface area (Å²) >= 11 is 0. The van der Waals surface area contributed by atoms with Gasteiger partial charge in [0.25, 0.3) is 0 Å². The Hall–Kier alpha value is -2.39. The fraction of sp³-hybridized carbons (Fsp3) is 0.471. The second-order valence-electron chi connectivity index (χ2n) is 6.12. The van der Waals surface area contributed by atoms with E-state index in [2.05, 4.69) is 16.3 Å². The van der Waals surface area contributed by atoms with Gasteiger partial charge in [-0.05, 0) is 31.0 Å². The largest absolute Gasteiger partial charge is 0.340 e. The van der Waals surface area contributed by atoms with E-state index in [9.17, 15) is 9.59 Å². The molecule has 0 spiro atoms. The quantitative estimate of drug-likeness (QED) is 0.901. The summed E-state index contributed by atoms with van der Waals surface area (Å²) in [4.78, 5) is 28.1. The number of piperazine rings is 1. The van der Waals surface area contributed by atoms with Gasteiger partial charge >= 0.3 is 0 Å². The van der Waals surface area contributed by atoms with Crippen molar-refractivity contribution < 1.29 is 9.59 Å². The molecule has 120 valence electrons. The van der Waals surface area contributed by atoms with Gasteiger partial charge in [-0.15, -0.1) is 0 Å². The van der Waals surface area contributed by atoms with Crippen LogP contribution < -0.4 is 5.32 Å². The van der Waals surface area contributed by atoms with Crippen molar-refractivity contribution in [1.29, 1.82) is 5.26 Å². The summed E-state index contributed by atoms with van der Waals surface area (Å²) in [6, 6.07) is 8.92. The van der Waals surface area contributed by atoms with Gasteiger partial charge in [-0.2, -0.15) is 5.26 Å². The normalized spacial score (nSPS) is 18.3. The number of hydrogen-bond acceptors (Lipinski definition) is 4. The minimum absolute atomic E-state index is 0.0953. The molecule has 2 fully saturated rings. The standard InChI is InChI=1S/C17H20N4O2/c18-11-13-2-1-3-15(10-13)19-16(22)12-20-6-8-21(9-7-20)17(23)14-4-5-14/h1-3,10,14H,4-9,12H2,(H,19,22). The Morgan fingerprint density at radius 3 is 2.61 bits per heavy atom. The van der Waals surface area contributed by atoms with Crippen LogP contribution >= 0.6 is 0 Å². The third kappa shape index (κ3) is 4.08. The SMILES string of the molecule is N#Cc1cccc(NC(=O)CN2CCN(C(=O)C3CC3)CC2)c1. The molecule has 0 atom stereocenters. The van der Waals surface area contributed by atoms with Gasteiger partial charge in [0.15, 0.2) is 0 Å². The third-order valence-corrected chi connectivity index (χ3v) is 4.25. The molecule has 0 radical (unpaired) electrons. The Balaban J connectivity index is 1.45. The monoisotopic (exact) mass is 312 g/mol.